The van der Waals surface area contributed by atoms with Crippen LogP contribution in [0.25, 0.3) is 0 Å². The number of nitrogens with one attached hydrogen (secondary N) is 1. The van der Waals surface area contributed by atoms with Gasteiger partial charge >= 0.3 is 0 Å². The molecule has 0 spiro atoms. The summed E-state index contributed by atoms with van der Waals surface area (Å²) in [5.41, 5.74) is 0.782. The van der Waals surface area contributed by atoms with E-state index in [9.17, 15) is 18.0 Å². The van der Waals surface area contributed by atoms with Crippen molar-refractivity contribution in [2.24, 2.45) is 0 Å². The van der Waals surface area contributed by atoms with E-state index in [1.165, 1.54) is 23.1 Å². The van der Waals surface area contributed by atoms with Gasteiger partial charge in [-0.1, -0.05) is 79.0 Å². The van der Waals surface area contributed by atoms with Crippen molar-refractivity contribution in [1.29, 1.82) is 0 Å². The van der Waals surface area contributed by atoms with Crippen LogP contribution in [0.1, 0.15) is 32.3 Å². The zero-order chi connectivity index (χ0) is 28.6. The molecule has 0 aliphatic carbocycles. The van der Waals surface area contributed by atoms with Crippen LogP contribution in [0, 0.1) is 0 Å². The summed E-state index contributed by atoms with van der Waals surface area (Å²) in [6, 6.07) is 18.1. The topological polar surface area (TPSA) is 86.8 Å². The minimum absolute atomic E-state index is 0.0119. The van der Waals surface area contributed by atoms with Crippen molar-refractivity contribution in [1.82, 2.24) is 10.2 Å². The molecule has 0 heterocycles. The monoisotopic (exact) mass is 609 g/mol. The molecule has 11 heteroatoms. The van der Waals surface area contributed by atoms with Gasteiger partial charge in [0.1, 0.15) is 12.6 Å². The van der Waals surface area contributed by atoms with Crippen molar-refractivity contribution in [3.8, 4) is 0 Å². The van der Waals surface area contributed by atoms with Crippen LogP contribution in [0.2, 0.25) is 15.1 Å². The van der Waals surface area contributed by atoms with Crippen molar-refractivity contribution in [3.63, 3.8) is 0 Å². The molecule has 0 bridgehead atoms. The van der Waals surface area contributed by atoms with Gasteiger partial charge in [-0.05, 0) is 60.9 Å². The van der Waals surface area contributed by atoms with E-state index in [2.05, 4.69) is 5.32 Å². The second-order valence-corrected chi connectivity index (χ2v) is 11.9. The third kappa shape index (κ3) is 7.88. The van der Waals surface area contributed by atoms with Gasteiger partial charge in [0.05, 0.1) is 10.6 Å². The highest BCUT2D eigenvalue weighted by Gasteiger charge is 2.34. The van der Waals surface area contributed by atoms with E-state index in [0.717, 1.165) is 10.7 Å². The molecule has 2 amide bonds. The third-order valence-electron chi connectivity index (χ3n) is 6.00. The summed E-state index contributed by atoms with van der Waals surface area (Å²) >= 11 is 18.7. The predicted octanol–water partition coefficient (Wildman–Crippen LogP) is 6.18. The number of hydrogen-bond donors (Lipinski definition) is 1. The maximum absolute atomic E-state index is 14.0. The lowest BCUT2D eigenvalue weighted by Crippen LogP contribution is -2.52. The van der Waals surface area contributed by atoms with Crippen molar-refractivity contribution in [3.05, 3.63) is 93.4 Å². The van der Waals surface area contributed by atoms with Crippen LogP contribution < -0.4 is 9.62 Å². The quantitative estimate of drug-likeness (QED) is 0.266. The normalized spacial score (nSPS) is 12.0. The van der Waals surface area contributed by atoms with E-state index >= 15 is 0 Å². The Labute approximate surface area is 244 Å². The van der Waals surface area contributed by atoms with Crippen molar-refractivity contribution in [2.75, 3.05) is 17.4 Å². The fourth-order valence-electron chi connectivity index (χ4n) is 4.00. The Morgan fingerprint density at radius 2 is 1.59 bits per heavy atom. The molecule has 1 atom stereocenters. The van der Waals surface area contributed by atoms with Crippen molar-refractivity contribution < 1.29 is 18.0 Å². The lowest BCUT2D eigenvalue weighted by molar-refractivity contribution is -0.140. The van der Waals surface area contributed by atoms with E-state index in [1.54, 1.807) is 61.5 Å². The SMILES string of the molecule is CCCNC(=O)[C@@H](CC)N(Cc1ccc(Cl)cc1Cl)C(=O)CN(c1cccc(Cl)c1)S(=O)(=O)c1ccccc1. The standard InChI is InChI=1S/C28H30Cl3N3O4S/c1-3-15-32-28(36)26(4-2)33(18-20-13-14-22(30)17-25(20)31)27(35)19-34(23-10-8-9-21(29)16-23)39(37,38)24-11-6-5-7-12-24/h5-14,16-17,26H,3-4,15,18-19H2,1-2H3,(H,32,36)/t26-/m1/s1. The molecule has 0 radical (unpaired) electrons. The van der Waals surface area contributed by atoms with E-state index in [-0.39, 0.29) is 23.0 Å². The molecule has 3 aromatic rings. The van der Waals surface area contributed by atoms with E-state index < -0.39 is 28.5 Å². The average molecular weight is 611 g/mol. The van der Waals surface area contributed by atoms with E-state index in [0.29, 0.717) is 33.6 Å². The van der Waals surface area contributed by atoms with E-state index in [4.69, 9.17) is 34.8 Å². The van der Waals surface area contributed by atoms with Gasteiger partial charge in [-0.25, -0.2) is 8.42 Å². The van der Waals surface area contributed by atoms with Crippen LogP contribution in [0.4, 0.5) is 5.69 Å². The third-order valence-corrected chi connectivity index (χ3v) is 8.61. The molecule has 0 aliphatic rings. The molecule has 39 heavy (non-hydrogen) atoms. The lowest BCUT2D eigenvalue weighted by Gasteiger charge is -2.33. The molecule has 0 aromatic heterocycles. The Morgan fingerprint density at radius 3 is 2.21 bits per heavy atom. The van der Waals surface area contributed by atoms with Gasteiger partial charge in [-0.2, -0.15) is 0 Å². The van der Waals surface area contributed by atoms with Gasteiger partial charge in [0.25, 0.3) is 10.0 Å². The predicted molar refractivity (Wildman–Crippen MR) is 157 cm³/mol. The Bertz CT molecular complexity index is 1400. The molecule has 1 N–H and O–H groups in total. The van der Waals surface area contributed by atoms with Gasteiger partial charge in [-0.15, -0.1) is 0 Å². The maximum Gasteiger partial charge on any atom is 0.264 e. The molecule has 3 rings (SSSR count). The number of benzene rings is 3. The first-order valence-electron chi connectivity index (χ1n) is 12.4. The number of anilines is 1. The summed E-state index contributed by atoms with van der Waals surface area (Å²) in [6.07, 6.45) is 1.02. The Hall–Kier alpha value is -2.78. The first-order valence-corrected chi connectivity index (χ1v) is 15.0. The zero-order valence-electron chi connectivity index (χ0n) is 21.6. The molecule has 0 saturated heterocycles. The van der Waals surface area contributed by atoms with E-state index in [1.807, 2.05) is 6.92 Å². The number of carbonyl (C=O) groups excluding carboxylic acids is 2. The largest absolute Gasteiger partial charge is 0.354 e. The van der Waals surface area contributed by atoms with Gasteiger partial charge in [0, 0.05) is 28.2 Å². The number of amides is 2. The minimum Gasteiger partial charge on any atom is -0.354 e. The molecule has 0 saturated carbocycles. The molecule has 7 nitrogen and oxygen atoms in total. The number of nitrogens with zero attached hydrogens (tertiary/aromatic N) is 2. The summed E-state index contributed by atoms with van der Waals surface area (Å²) in [5.74, 6) is -0.919. The molecular formula is C28H30Cl3N3O4S. The number of carbonyl (C=O) groups is 2. The van der Waals surface area contributed by atoms with Crippen LogP contribution in [-0.2, 0) is 26.2 Å². The van der Waals surface area contributed by atoms with Crippen LogP contribution in [0.3, 0.4) is 0 Å². The van der Waals surface area contributed by atoms with Crippen molar-refractivity contribution >= 4 is 62.3 Å². The van der Waals surface area contributed by atoms with Crippen LogP contribution in [0.15, 0.2) is 77.7 Å². The fourth-order valence-corrected chi connectivity index (χ4v) is 6.08. The summed E-state index contributed by atoms with van der Waals surface area (Å²) in [6.45, 7) is 3.56. The van der Waals surface area contributed by atoms with Gasteiger partial charge in [0.2, 0.25) is 11.8 Å². The molecule has 0 unspecified atom stereocenters. The second-order valence-electron chi connectivity index (χ2n) is 8.78. The number of halogens is 3. The number of sulfonamides is 1. The first-order chi connectivity index (χ1) is 18.6. The summed E-state index contributed by atoms with van der Waals surface area (Å²) < 4.78 is 28.5. The summed E-state index contributed by atoms with van der Waals surface area (Å²) in [7, 11) is -4.17. The molecule has 0 fully saturated rings. The Balaban J connectivity index is 2.06. The Kier molecular flexibility index (Phi) is 11.1. The van der Waals surface area contributed by atoms with Gasteiger partial charge < -0.3 is 10.2 Å². The molecule has 0 aliphatic heterocycles. The smallest absolute Gasteiger partial charge is 0.264 e. The number of rotatable bonds is 12. The zero-order valence-corrected chi connectivity index (χ0v) is 24.7. The molecule has 3 aromatic carbocycles. The second kappa shape index (κ2) is 14.0. The van der Waals surface area contributed by atoms with Gasteiger partial charge in [0.15, 0.2) is 0 Å². The van der Waals surface area contributed by atoms with Crippen molar-refractivity contribution in [2.45, 2.75) is 44.2 Å². The fraction of sp³-hybridized carbons (Fsp3) is 0.286. The van der Waals surface area contributed by atoms with Crippen LogP contribution in [-0.4, -0.2) is 44.3 Å². The molecule has 208 valence electrons. The van der Waals surface area contributed by atoms with Crippen LogP contribution in [0.5, 0.6) is 0 Å². The summed E-state index contributed by atoms with van der Waals surface area (Å²) in [5, 5.41) is 3.90. The first kappa shape index (κ1) is 30.8. The van der Waals surface area contributed by atoms with Crippen LogP contribution >= 0.6 is 34.8 Å². The highest BCUT2D eigenvalue weighted by Crippen LogP contribution is 2.28. The highest BCUT2D eigenvalue weighted by molar-refractivity contribution is 7.92. The number of hydrogen-bond acceptors (Lipinski definition) is 4. The summed E-state index contributed by atoms with van der Waals surface area (Å²) in [4.78, 5) is 28.5. The average Bonchev–Trinajstić information content (AvgIpc) is 2.91. The lowest BCUT2D eigenvalue weighted by atomic mass is 10.1. The Morgan fingerprint density at radius 1 is 0.897 bits per heavy atom. The highest BCUT2D eigenvalue weighted by atomic mass is 35.5. The van der Waals surface area contributed by atoms with Gasteiger partial charge in [-0.3, -0.25) is 13.9 Å². The molecular weight excluding hydrogens is 581 g/mol. The minimum atomic E-state index is -4.17. The maximum atomic E-state index is 14.0.